The third kappa shape index (κ3) is 30.5. The molecule has 0 nitrogen and oxygen atoms in total. The van der Waals surface area contributed by atoms with Gasteiger partial charge in [-0.3, -0.25) is 0 Å². The molecule has 0 rings (SSSR count). The number of hydrogen-bond acceptors (Lipinski definition) is 0. The van der Waals surface area contributed by atoms with Crippen LogP contribution in [-0.2, 0) is 27.3 Å². The number of alkyl halides is 3. The Kier molecular flexibility index (Phi) is 27.9. The summed E-state index contributed by atoms with van der Waals surface area (Å²) in [6.07, 6.45) is 0. The average Bonchev–Trinajstić information content (AvgIpc) is 0.811. The van der Waals surface area contributed by atoms with Crippen LogP contribution in [0.25, 0.3) is 0 Å². The Bertz CT molecular complexity index is 15.5. The first kappa shape index (κ1) is 15.8. The second kappa shape index (κ2) is 10.6. The summed E-state index contributed by atoms with van der Waals surface area (Å²) in [5.41, 5.74) is 0. The van der Waals surface area contributed by atoms with Crippen LogP contribution in [0.1, 0.15) is 0 Å². The molecule has 0 heterocycles. The Morgan fingerprint density at radius 1 is 1.00 bits per heavy atom. The molecule has 0 aromatic carbocycles. The van der Waals surface area contributed by atoms with Gasteiger partial charge in [0.25, 0.3) is 0 Å². The maximum absolute atomic E-state index is 4.81. The van der Waals surface area contributed by atoms with Crippen molar-refractivity contribution in [3.8, 4) is 0 Å². The molecule has 0 aliphatic heterocycles. The van der Waals surface area contributed by atoms with Gasteiger partial charge in [0.15, 0.2) is 4.30 Å². The predicted octanol–water partition coefficient (Wildman–Crippen LogP) is 0.800. The first-order valence-electron chi connectivity index (χ1n) is 0.655. The fourth-order valence-electron chi connectivity index (χ4n) is 0. The molecule has 0 aromatic rings. The van der Waals surface area contributed by atoms with E-state index in [4.69, 9.17) is 34.8 Å². The van der Waals surface area contributed by atoms with Crippen LogP contribution in [0.3, 0.4) is 0 Å². The second-order valence-corrected chi connectivity index (χ2v) is 2.23. The van der Waals surface area contributed by atoms with Crippen molar-refractivity contribution in [2.24, 2.45) is 0 Å². The van der Waals surface area contributed by atoms with Crippen LogP contribution >= 0.6 is 34.8 Å². The van der Waals surface area contributed by atoms with E-state index in [1.807, 2.05) is 0 Å². The SMILES string of the molecule is ClC(Cl)Cl.[Cd].[SbH3]. The van der Waals surface area contributed by atoms with Crippen molar-refractivity contribution in [3.05, 3.63) is 0 Å². The van der Waals surface area contributed by atoms with E-state index in [0.717, 1.165) is 0 Å². The van der Waals surface area contributed by atoms with Crippen LogP contribution in [0.2, 0.25) is 0 Å². The van der Waals surface area contributed by atoms with Gasteiger partial charge in [0.1, 0.15) is 0 Å². The van der Waals surface area contributed by atoms with Crippen LogP contribution in [0.4, 0.5) is 0 Å². The van der Waals surface area contributed by atoms with E-state index in [0.29, 0.717) is 0 Å². The van der Waals surface area contributed by atoms with Gasteiger partial charge < -0.3 is 0 Å². The summed E-state index contributed by atoms with van der Waals surface area (Å²) >= 11 is 14.4. The van der Waals surface area contributed by atoms with E-state index in [1.54, 1.807) is 0 Å². The van der Waals surface area contributed by atoms with Crippen molar-refractivity contribution in [2.45, 2.75) is 4.30 Å². The summed E-state index contributed by atoms with van der Waals surface area (Å²) in [6.45, 7) is 0. The summed E-state index contributed by atoms with van der Waals surface area (Å²) in [7, 11) is 0. The molecule has 5 heteroatoms. The van der Waals surface area contributed by atoms with Crippen molar-refractivity contribution in [2.75, 3.05) is 0 Å². The molecule has 0 radical (unpaired) electrons. The zero-order valence-corrected chi connectivity index (χ0v) is 13.5. The molecule has 0 fully saturated rings. The van der Waals surface area contributed by atoms with Crippen molar-refractivity contribution in [3.63, 3.8) is 0 Å². The first-order chi connectivity index (χ1) is 1.73. The van der Waals surface area contributed by atoms with E-state index in [2.05, 4.69) is 0 Å². The summed E-state index contributed by atoms with van der Waals surface area (Å²) in [6, 6.07) is 0. The minimum atomic E-state index is -0.750. The quantitative estimate of drug-likeness (QED) is 0.445. The number of halogens is 3. The van der Waals surface area contributed by atoms with Crippen molar-refractivity contribution in [1.82, 2.24) is 0 Å². The monoisotopic (exact) mass is 356 g/mol. The Labute approximate surface area is 89.5 Å². The molecule has 0 bridgehead atoms. The Hall–Kier alpha value is 2.61. The number of rotatable bonds is 0. The molecule has 0 aliphatic rings. The molecule has 0 aromatic heterocycles. The summed E-state index contributed by atoms with van der Waals surface area (Å²) in [5.74, 6) is 0. The van der Waals surface area contributed by atoms with Crippen molar-refractivity contribution >= 4 is 59.2 Å². The van der Waals surface area contributed by atoms with E-state index < -0.39 is 4.30 Å². The van der Waals surface area contributed by atoms with Crippen LogP contribution in [-0.4, -0.2) is 28.7 Å². The molecule has 6 heavy (non-hydrogen) atoms. The normalized spacial score (nSPS) is 6.00. The van der Waals surface area contributed by atoms with E-state index in [1.165, 1.54) is 0 Å². The maximum atomic E-state index is 4.81. The standard InChI is InChI=1S/CHCl3.Cd.Sb.3H/c2-1(3)4;;;;;/h1H;;;;;. The van der Waals surface area contributed by atoms with Crippen LogP contribution in [0, 0.1) is 0 Å². The van der Waals surface area contributed by atoms with Crippen LogP contribution < -0.4 is 0 Å². The summed E-state index contributed by atoms with van der Waals surface area (Å²) in [5, 5.41) is 0. The van der Waals surface area contributed by atoms with E-state index in [9.17, 15) is 0 Å². The fraction of sp³-hybridized carbons (Fsp3) is 1.00. The van der Waals surface area contributed by atoms with Gasteiger partial charge in [-0.25, -0.2) is 0 Å². The van der Waals surface area contributed by atoms with Crippen LogP contribution in [0.5, 0.6) is 0 Å². The Balaban J connectivity index is -0.0000000450. The molecule has 36 valence electrons. The second-order valence-electron chi connectivity index (χ2n) is 0.247. The third-order valence-electron chi connectivity index (χ3n) is 0. The Morgan fingerprint density at radius 3 is 1.00 bits per heavy atom. The van der Waals surface area contributed by atoms with Crippen molar-refractivity contribution < 1.29 is 27.3 Å². The minimum absolute atomic E-state index is 0. The fourth-order valence-corrected chi connectivity index (χ4v) is 0. The van der Waals surface area contributed by atoms with E-state index >= 15 is 0 Å². The zero-order valence-electron chi connectivity index (χ0n) is 3.13. The van der Waals surface area contributed by atoms with Gasteiger partial charge in [-0.1, -0.05) is 34.8 Å². The molecule has 0 aliphatic carbocycles. The van der Waals surface area contributed by atoms with Crippen LogP contribution in [0.15, 0.2) is 0 Å². The van der Waals surface area contributed by atoms with Gasteiger partial charge in [0.05, 0.1) is 0 Å². The van der Waals surface area contributed by atoms with Gasteiger partial charge in [-0.15, -0.1) is 0 Å². The van der Waals surface area contributed by atoms with Gasteiger partial charge >= 0.3 is 24.4 Å². The number of hydrogen-bond donors (Lipinski definition) is 0. The van der Waals surface area contributed by atoms with Crippen molar-refractivity contribution in [1.29, 1.82) is 0 Å². The molecular weight excluding hydrogens is 353 g/mol. The molecule has 0 saturated heterocycles. The molecule has 0 N–H and O–H groups in total. The van der Waals surface area contributed by atoms with E-state index in [-0.39, 0.29) is 51.7 Å². The summed E-state index contributed by atoms with van der Waals surface area (Å²) in [4.78, 5) is 0. The molecular formula is CH4CdCl3Sb. The van der Waals surface area contributed by atoms with Gasteiger partial charge in [0, 0.05) is 27.3 Å². The predicted molar refractivity (Wildman–Crippen MR) is 31.3 cm³/mol. The molecule has 0 spiro atoms. The average molecular weight is 357 g/mol. The molecule has 0 unspecified atom stereocenters. The van der Waals surface area contributed by atoms with Gasteiger partial charge in [-0.05, 0) is 0 Å². The van der Waals surface area contributed by atoms with Gasteiger partial charge in [-0.2, -0.15) is 0 Å². The molecule has 0 saturated carbocycles. The zero-order chi connectivity index (χ0) is 3.58. The third-order valence-corrected chi connectivity index (χ3v) is 0. The molecule has 0 atom stereocenters. The topological polar surface area (TPSA) is 0 Å². The molecule has 0 amide bonds. The summed E-state index contributed by atoms with van der Waals surface area (Å²) < 4.78 is -0.750. The Morgan fingerprint density at radius 2 is 1.00 bits per heavy atom. The first-order valence-corrected chi connectivity index (χ1v) is 1.96. The van der Waals surface area contributed by atoms with Gasteiger partial charge in [0.2, 0.25) is 0 Å².